The fourth-order valence-corrected chi connectivity index (χ4v) is 4.64. The molecule has 7 heteroatoms. The van der Waals surface area contributed by atoms with Crippen molar-refractivity contribution in [2.24, 2.45) is 5.92 Å². The van der Waals surface area contributed by atoms with E-state index in [9.17, 15) is 4.79 Å². The molecule has 0 aliphatic carbocycles. The molecule has 0 atom stereocenters. The first-order valence-electron chi connectivity index (χ1n) is 11.5. The Morgan fingerprint density at radius 2 is 1.94 bits per heavy atom. The van der Waals surface area contributed by atoms with E-state index in [4.69, 9.17) is 14.0 Å². The van der Waals surface area contributed by atoms with Crippen LogP contribution in [0.2, 0.25) is 0 Å². The van der Waals surface area contributed by atoms with Gasteiger partial charge >= 0.3 is 0 Å². The van der Waals surface area contributed by atoms with E-state index in [-0.39, 0.29) is 5.91 Å². The zero-order chi connectivity index (χ0) is 23.4. The molecule has 0 bridgehead atoms. The first-order chi connectivity index (χ1) is 16.0. The Balaban J connectivity index is 1.31. The maximum Gasteiger partial charge on any atom is 0.253 e. The fraction of sp³-hybridized carbons (Fsp3) is 0.462. The minimum Gasteiger partial charge on any atom is -0.493 e. The molecule has 33 heavy (non-hydrogen) atoms. The molecule has 176 valence electrons. The van der Waals surface area contributed by atoms with Gasteiger partial charge < -0.3 is 18.9 Å². The van der Waals surface area contributed by atoms with Crippen LogP contribution in [0.4, 0.5) is 0 Å². The summed E-state index contributed by atoms with van der Waals surface area (Å²) < 4.78 is 16.4. The van der Waals surface area contributed by atoms with Crippen molar-refractivity contribution in [3.63, 3.8) is 0 Å². The average Bonchev–Trinajstić information content (AvgIpc) is 3.25. The van der Waals surface area contributed by atoms with Crippen molar-refractivity contribution < 1.29 is 18.8 Å². The number of carbonyl (C=O) groups excluding carboxylic acids is 1. The number of methoxy groups -OCH3 is 2. The standard InChI is InChI=1S/C26H33N3O4/c1-28(2)26(30)20-7-5-6-19(16-20)17-29-14-12-18(13-15-29)8-10-22-21-9-11-23(31-3)25(32-4)24(21)33-27-22/h5-7,9,11,16,18H,8,10,12-15,17H2,1-4H3. The van der Waals surface area contributed by atoms with E-state index in [2.05, 4.69) is 16.1 Å². The third kappa shape index (κ3) is 5.14. The van der Waals surface area contributed by atoms with Crippen LogP contribution in [-0.2, 0) is 13.0 Å². The van der Waals surface area contributed by atoms with Gasteiger partial charge in [0.15, 0.2) is 5.75 Å². The van der Waals surface area contributed by atoms with Gasteiger partial charge in [0.05, 0.1) is 19.9 Å². The summed E-state index contributed by atoms with van der Waals surface area (Å²) >= 11 is 0. The third-order valence-electron chi connectivity index (χ3n) is 6.54. The van der Waals surface area contributed by atoms with Crippen LogP contribution in [0.1, 0.15) is 40.9 Å². The molecule has 4 rings (SSSR count). The summed E-state index contributed by atoms with van der Waals surface area (Å²) in [6.07, 6.45) is 4.32. The van der Waals surface area contributed by atoms with Crippen LogP contribution in [0.25, 0.3) is 11.0 Å². The van der Waals surface area contributed by atoms with Crippen molar-refractivity contribution in [2.75, 3.05) is 41.4 Å². The summed E-state index contributed by atoms with van der Waals surface area (Å²) in [6.45, 7) is 3.03. The SMILES string of the molecule is COc1ccc2c(CCC3CCN(Cc4cccc(C(=O)N(C)C)c4)CC3)noc2c1OC. The highest BCUT2D eigenvalue weighted by molar-refractivity contribution is 5.94. The van der Waals surface area contributed by atoms with Gasteiger partial charge in [-0.2, -0.15) is 0 Å². The largest absolute Gasteiger partial charge is 0.493 e. The lowest BCUT2D eigenvalue weighted by Gasteiger charge is -2.32. The zero-order valence-electron chi connectivity index (χ0n) is 20.0. The Hall–Kier alpha value is -3.06. The van der Waals surface area contributed by atoms with E-state index in [1.807, 2.05) is 30.3 Å². The molecule has 0 radical (unpaired) electrons. The van der Waals surface area contributed by atoms with Gasteiger partial charge in [-0.25, -0.2) is 0 Å². The van der Waals surface area contributed by atoms with Crippen molar-refractivity contribution in [1.82, 2.24) is 15.0 Å². The Morgan fingerprint density at radius 1 is 1.15 bits per heavy atom. The monoisotopic (exact) mass is 451 g/mol. The van der Waals surface area contributed by atoms with E-state index in [1.165, 1.54) is 18.4 Å². The predicted molar refractivity (Wildman–Crippen MR) is 128 cm³/mol. The fourth-order valence-electron chi connectivity index (χ4n) is 4.64. The summed E-state index contributed by atoms with van der Waals surface area (Å²) in [7, 11) is 6.81. The molecule has 1 saturated heterocycles. The summed E-state index contributed by atoms with van der Waals surface area (Å²) in [5, 5.41) is 5.31. The van der Waals surface area contributed by atoms with Gasteiger partial charge in [0.2, 0.25) is 11.3 Å². The van der Waals surface area contributed by atoms with E-state index >= 15 is 0 Å². The molecule has 0 N–H and O–H groups in total. The number of fused-ring (bicyclic) bond motifs is 1. The highest BCUT2D eigenvalue weighted by atomic mass is 16.5. The predicted octanol–water partition coefficient (Wildman–Crippen LogP) is 4.39. The molecule has 3 aromatic rings. The Labute approximate surface area is 195 Å². The minimum atomic E-state index is 0.0482. The first-order valence-corrected chi connectivity index (χ1v) is 11.5. The van der Waals surface area contributed by atoms with Crippen molar-refractivity contribution in [1.29, 1.82) is 0 Å². The summed E-state index contributed by atoms with van der Waals surface area (Å²) in [5.74, 6) is 1.97. The number of hydrogen-bond acceptors (Lipinski definition) is 6. The number of likely N-dealkylation sites (tertiary alicyclic amines) is 1. The summed E-state index contributed by atoms with van der Waals surface area (Å²) in [6, 6.07) is 11.9. The van der Waals surface area contributed by atoms with Crippen molar-refractivity contribution in [3.05, 3.63) is 53.2 Å². The number of piperidine rings is 1. The number of carbonyl (C=O) groups is 1. The normalized spacial score (nSPS) is 15.0. The maximum atomic E-state index is 12.2. The third-order valence-corrected chi connectivity index (χ3v) is 6.54. The van der Waals surface area contributed by atoms with E-state index < -0.39 is 0 Å². The molecular formula is C26H33N3O4. The number of benzene rings is 2. The van der Waals surface area contributed by atoms with Crippen LogP contribution in [0.15, 0.2) is 40.9 Å². The second-order valence-electron chi connectivity index (χ2n) is 8.97. The number of nitrogens with zero attached hydrogens (tertiary/aromatic N) is 3. The first kappa shape index (κ1) is 23.1. The molecule has 1 amide bonds. The number of ether oxygens (including phenoxy) is 2. The molecule has 1 aliphatic rings. The van der Waals surface area contributed by atoms with Crippen LogP contribution in [-0.4, -0.2) is 62.3 Å². The Bertz CT molecular complexity index is 1100. The highest BCUT2D eigenvalue weighted by Crippen LogP contribution is 2.37. The van der Waals surface area contributed by atoms with Gasteiger partial charge in [0.1, 0.15) is 0 Å². The second kappa shape index (κ2) is 10.3. The van der Waals surface area contributed by atoms with Gasteiger partial charge in [-0.05, 0) is 74.5 Å². The van der Waals surface area contributed by atoms with Crippen LogP contribution in [0, 0.1) is 5.92 Å². The highest BCUT2D eigenvalue weighted by Gasteiger charge is 2.22. The molecule has 1 aromatic heterocycles. The van der Waals surface area contributed by atoms with Crippen molar-refractivity contribution >= 4 is 16.9 Å². The average molecular weight is 452 g/mol. The second-order valence-corrected chi connectivity index (χ2v) is 8.97. The van der Waals surface area contributed by atoms with Crippen LogP contribution in [0.5, 0.6) is 11.5 Å². The Kier molecular flexibility index (Phi) is 7.18. The smallest absolute Gasteiger partial charge is 0.253 e. The van der Waals surface area contributed by atoms with Gasteiger partial charge in [-0.1, -0.05) is 17.3 Å². The van der Waals surface area contributed by atoms with E-state index in [0.717, 1.165) is 49.1 Å². The lowest BCUT2D eigenvalue weighted by atomic mass is 9.91. The number of aryl methyl sites for hydroxylation is 1. The molecule has 2 heterocycles. The van der Waals surface area contributed by atoms with Crippen LogP contribution in [0.3, 0.4) is 0 Å². The van der Waals surface area contributed by atoms with Crippen LogP contribution < -0.4 is 9.47 Å². The summed E-state index contributed by atoms with van der Waals surface area (Å²) in [4.78, 5) is 16.3. The van der Waals surface area contributed by atoms with Crippen molar-refractivity contribution in [2.45, 2.75) is 32.2 Å². The van der Waals surface area contributed by atoms with Crippen LogP contribution >= 0.6 is 0 Å². The molecule has 0 saturated carbocycles. The number of aromatic nitrogens is 1. The molecule has 1 aliphatic heterocycles. The van der Waals surface area contributed by atoms with Gasteiger partial charge in [-0.15, -0.1) is 0 Å². The molecule has 1 fully saturated rings. The van der Waals surface area contributed by atoms with Crippen molar-refractivity contribution in [3.8, 4) is 11.5 Å². The Morgan fingerprint density at radius 3 is 2.64 bits per heavy atom. The molecule has 0 unspecified atom stereocenters. The molecule has 0 spiro atoms. The number of amides is 1. The van der Waals surface area contributed by atoms with E-state index in [0.29, 0.717) is 23.0 Å². The van der Waals surface area contributed by atoms with Gasteiger partial charge in [0.25, 0.3) is 5.91 Å². The lowest BCUT2D eigenvalue weighted by Crippen LogP contribution is -2.33. The molecule has 2 aromatic carbocycles. The minimum absolute atomic E-state index is 0.0482. The lowest BCUT2D eigenvalue weighted by molar-refractivity contribution is 0.0827. The molecular weight excluding hydrogens is 418 g/mol. The maximum absolute atomic E-state index is 12.2. The quantitative estimate of drug-likeness (QED) is 0.506. The molecule has 7 nitrogen and oxygen atoms in total. The van der Waals surface area contributed by atoms with Gasteiger partial charge in [0, 0.05) is 31.6 Å². The zero-order valence-corrected chi connectivity index (χ0v) is 20.0. The number of hydrogen-bond donors (Lipinski definition) is 0. The van der Waals surface area contributed by atoms with E-state index in [1.54, 1.807) is 33.2 Å². The summed E-state index contributed by atoms with van der Waals surface area (Å²) in [5.41, 5.74) is 3.58. The topological polar surface area (TPSA) is 68.0 Å². The van der Waals surface area contributed by atoms with Gasteiger partial charge in [-0.3, -0.25) is 9.69 Å². The number of rotatable bonds is 8.